The van der Waals surface area contributed by atoms with E-state index in [1.165, 1.54) is 0 Å². The van der Waals surface area contributed by atoms with Crippen molar-refractivity contribution >= 4 is 45.4 Å². The lowest BCUT2D eigenvalue weighted by Crippen LogP contribution is -2.21. The lowest BCUT2D eigenvalue weighted by Gasteiger charge is -2.17. The van der Waals surface area contributed by atoms with E-state index in [0.29, 0.717) is 11.3 Å². The van der Waals surface area contributed by atoms with Crippen LogP contribution in [0.15, 0.2) is 72.8 Å². The van der Waals surface area contributed by atoms with E-state index >= 15 is 0 Å². The lowest BCUT2D eigenvalue weighted by atomic mass is 10.1. The van der Waals surface area contributed by atoms with Crippen molar-refractivity contribution in [2.45, 2.75) is 18.9 Å². The van der Waals surface area contributed by atoms with Gasteiger partial charge in [-0.05, 0) is 42.8 Å². The highest BCUT2D eigenvalue weighted by molar-refractivity contribution is 6.08. The van der Waals surface area contributed by atoms with Crippen LogP contribution >= 0.6 is 0 Å². The number of carboxylic acid groups (broad SMARTS) is 1. The first-order chi connectivity index (χ1) is 16.5. The third-order valence-electron chi connectivity index (χ3n) is 5.56. The summed E-state index contributed by atoms with van der Waals surface area (Å²) >= 11 is 0. The van der Waals surface area contributed by atoms with Gasteiger partial charge in [-0.1, -0.05) is 36.4 Å². The van der Waals surface area contributed by atoms with Gasteiger partial charge in [0.1, 0.15) is 19.3 Å². The van der Waals surface area contributed by atoms with E-state index < -0.39 is 23.9 Å². The van der Waals surface area contributed by atoms with Gasteiger partial charge in [-0.2, -0.15) is 0 Å². The number of nitrogen functional groups attached to an aromatic ring is 1. The van der Waals surface area contributed by atoms with Crippen LogP contribution in [0.2, 0.25) is 0 Å². The number of fused-ring (bicyclic) bond motifs is 3. The molecule has 0 amide bonds. The van der Waals surface area contributed by atoms with Gasteiger partial charge < -0.3 is 24.9 Å². The number of aromatic nitrogens is 1. The topological polar surface area (TPSA) is 121 Å². The molecule has 0 spiro atoms. The molecule has 34 heavy (non-hydrogen) atoms. The van der Waals surface area contributed by atoms with Crippen LogP contribution in [0.3, 0.4) is 0 Å². The van der Waals surface area contributed by atoms with E-state index in [0.717, 1.165) is 21.8 Å². The number of carbonyl (C=O) groups excluding carboxylic acids is 2. The quantitative estimate of drug-likeness (QED) is 0.218. The van der Waals surface area contributed by atoms with E-state index in [2.05, 4.69) is 0 Å². The lowest BCUT2D eigenvalue weighted by molar-refractivity contribution is -0.146. The molecular formula is C26H24N2O6. The van der Waals surface area contributed by atoms with Crippen molar-refractivity contribution in [3.8, 4) is 0 Å². The van der Waals surface area contributed by atoms with Gasteiger partial charge in [-0.25, -0.2) is 9.59 Å². The van der Waals surface area contributed by atoms with Crippen molar-refractivity contribution in [1.82, 2.24) is 4.57 Å². The fourth-order valence-electron chi connectivity index (χ4n) is 3.97. The smallest absolute Gasteiger partial charge is 0.338 e. The molecule has 0 aliphatic carbocycles. The Bertz CT molecular complexity index is 1290. The average Bonchev–Trinajstić information content (AvgIpc) is 3.17. The van der Waals surface area contributed by atoms with E-state index in [9.17, 15) is 19.5 Å². The second kappa shape index (κ2) is 10.1. The van der Waals surface area contributed by atoms with Crippen LogP contribution in [0.5, 0.6) is 0 Å². The number of nitrogens with zero attached hydrogens (tertiary/aromatic N) is 1. The first-order valence-corrected chi connectivity index (χ1v) is 10.8. The van der Waals surface area contributed by atoms with Crippen LogP contribution in [0.4, 0.5) is 5.69 Å². The van der Waals surface area contributed by atoms with Crippen LogP contribution in [-0.4, -0.2) is 40.8 Å². The Kier molecular flexibility index (Phi) is 6.77. The van der Waals surface area contributed by atoms with Crippen molar-refractivity contribution < 1.29 is 29.0 Å². The first kappa shape index (κ1) is 22.8. The second-order valence-corrected chi connectivity index (χ2v) is 7.78. The van der Waals surface area contributed by atoms with Crippen molar-refractivity contribution in [3.63, 3.8) is 0 Å². The minimum atomic E-state index is -1.03. The summed E-state index contributed by atoms with van der Waals surface area (Å²) in [6.45, 7) is -0.225. The van der Waals surface area contributed by atoms with Gasteiger partial charge >= 0.3 is 17.9 Å². The number of benzene rings is 3. The number of nitrogens with two attached hydrogens (primary N) is 1. The molecule has 0 saturated heterocycles. The number of esters is 2. The molecule has 0 saturated carbocycles. The molecule has 0 aliphatic heterocycles. The minimum Gasteiger partial charge on any atom is -0.480 e. The van der Waals surface area contributed by atoms with Crippen molar-refractivity contribution in [1.29, 1.82) is 0 Å². The fourth-order valence-corrected chi connectivity index (χ4v) is 3.97. The minimum absolute atomic E-state index is 0.0576. The fraction of sp³-hybridized carbons (Fsp3) is 0.192. The summed E-state index contributed by atoms with van der Waals surface area (Å²) in [7, 11) is 0. The molecule has 0 aliphatic rings. The maximum atomic E-state index is 12.2. The molecule has 1 heterocycles. The Morgan fingerprint density at radius 3 is 1.97 bits per heavy atom. The summed E-state index contributed by atoms with van der Waals surface area (Å²) in [6.07, 6.45) is -0.0359. The highest BCUT2D eigenvalue weighted by Crippen LogP contribution is 2.33. The molecule has 4 rings (SSSR count). The molecule has 0 fully saturated rings. The summed E-state index contributed by atoms with van der Waals surface area (Å²) in [5.41, 5.74) is 8.05. The third kappa shape index (κ3) is 4.85. The van der Waals surface area contributed by atoms with E-state index in [1.54, 1.807) is 28.8 Å². The zero-order valence-corrected chi connectivity index (χ0v) is 18.3. The van der Waals surface area contributed by atoms with Gasteiger partial charge in [-0.3, -0.25) is 4.79 Å². The normalized spacial score (nSPS) is 11.9. The van der Waals surface area contributed by atoms with Crippen LogP contribution in [0.25, 0.3) is 21.8 Å². The Morgan fingerprint density at radius 1 is 0.824 bits per heavy atom. The number of hydrogen-bond donors (Lipinski definition) is 2. The molecule has 8 nitrogen and oxygen atoms in total. The summed E-state index contributed by atoms with van der Waals surface area (Å²) in [5, 5.41) is 11.8. The van der Waals surface area contributed by atoms with Crippen molar-refractivity contribution in [2.75, 3.05) is 18.9 Å². The molecule has 4 aromatic rings. The second-order valence-electron chi connectivity index (χ2n) is 7.78. The number of rotatable bonds is 9. The van der Waals surface area contributed by atoms with Crippen molar-refractivity contribution in [2.24, 2.45) is 0 Å². The summed E-state index contributed by atoms with van der Waals surface area (Å²) < 4.78 is 12.0. The number of carboxylic acids is 1. The Hall–Kier alpha value is -4.33. The summed E-state index contributed by atoms with van der Waals surface area (Å²) in [4.78, 5) is 36.4. The molecule has 174 valence electrons. The SMILES string of the molecule is Nc1ccc(C(=O)OCCOC(=O)CC[C@@H](C(=O)O)n2c3ccccc3c3ccccc32)cc1. The predicted octanol–water partition coefficient (Wildman–Crippen LogP) is 4.18. The van der Waals surface area contributed by atoms with E-state index in [-0.39, 0.29) is 26.1 Å². The monoisotopic (exact) mass is 460 g/mol. The molecule has 3 N–H and O–H groups in total. The molecule has 0 bridgehead atoms. The zero-order chi connectivity index (χ0) is 24.1. The van der Waals surface area contributed by atoms with Gasteiger partial charge in [0.05, 0.1) is 5.56 Å². The highest BCUT2D eigenvalue weighted by atomic mass is 16.6. The first-order valence-electron chi connectivity index (χ1n) is 10.8. The summed E-state index contributed by atoms with van der Waals surface area (Å²) in [6, 6.07) is 20.5. The molecule has 0 unspecified atom stereocenters. The molecule has 3 aromatic carbocycles. The number of anilines is 1. The molecular weight excluding hydrogens is 436 g/mol. The number of hydrogen-bond acceptors (Lipinski definition) is 6. The van der Waals surface area contributed by atoms with Gasteiger partial charge in [0, 0.05) is 33.9 Å². The molecule has 1 atom stereocenters. The zero-order valence-electron chi connectivity index (χ0n) is 18.3. The predicted molar refractivity (Wildman–Crippen MR) is 127 cm³/mol. The standard InChI is InChI=1S/C26H24N2O6/c27-18-11-9-17(10-12-18)26(32)34-16-15-33-24(29)14-13-23(25(30)31)28-21-7-3-1-5-19(21)20-6-2-4-8-22(20)28/h1-12,23H,13-16,27H2,(H,30,31)/t23-/m0/s1. The maximum Gasteiger partial charge on any atom is 0.338 e. The number of ether oxygens (including phenoxy) is 2. The van der Waals surface area contributed by atoms with Crippen LogP contribution in [0, 0.1) is 0 Å². The van der Waals surface area contributed by atoms with Crippen LogP contribution in [-0.2, 0) is 19.1 Å². The third-order valence-corrected chi connectivity index (χ3v) is 5.56. The van der Waals surface area contributed by atoms with Gasteiger partial charge in [0.2, 0.25) is 0 Å². The van der Waals surface area contributed by atoms with Crippen molar-refractivity contribution in [3.05, 3.63) is 78.4 Å². The van der Waals surface area contributed by atoms with E-state index in [1.807, 2.05) is 48.5 Å². The number of aliphatic carboxylic acids is 1. The molecule has 8 heteroatoms. The Labute approximate surface area is 195 Å². The number of para-hydroxylation sites is 2. The largest absolute Gasteiger partial charge is 0.480 e. The molecule has 0 radical (unpaired) electrons. The van der Waals surface area contributed by atoms with Crippen LogP contribution < -0.4 is 5.73 Å². The maximum absolute atomic E-state index is 12.2. The Balaban J connectivity index is 1.36. The van der Waals surface area contributed by atoms with Gasteiger partial charge in [0.25, 0.3) is 0 Å². The highest BCUT2D eigenvalue weighted by Gasteiger charge is 2.25. The van der Waals surface area contributed by atoms with Crippen LogP contribution in [0.1, 0.15) is 29.2 Å². The van der Waals surface area contributed by atoms with E-state index in [4.69, 9.17) is 15.2 Å². The number of carbonyl (C=O) groups is 3. The molecule has 1 aromatic heterocycles. The summed E-state index contributed by atoms with van der Waals surface area (Å²) in [5.74, 6) is -2.14. The van der Waals surface area contributed by atoms with Gasteiger partial charge in [-0.15, -0.1) is 0 Å². The Morgan fingerprint density at radius 2 is 1.38 bits per heavy atom. The van der Waals surface area contributed by atoms with Gasteiger partial charge in [0.15, 0.2) is 0 Å². The average molecular weight is 460 g/mol.